The van der Waals surface area contributed by atoms with Gasteiger partial charge in [-0.1, -0.05) is 25.1 Å². The normalized spacial score (nSPS) is 16.6. The van der Waals surface area contributed by atoms with Gasteiger partial charge in [0.15, 0.2) is 0 Å². The fourth-order valence-corrected chi connectivity index (χ4v) is 5.50. The van der Waals surface area contributed by atoms with E-state index in [9.17, 15) is 4.79 Å². The van der Waals surface area contributed by atoms with Crippen LogP contribution in [-0.4, -0.2) is 35.1 Å². The molecule has 1 aromatic heterocycles. The molecule has 32 heavy (non-hydrogen) atoms. The third-order valence-corrected chi connectivity index (χ3v) is 7.23. The number of nitrogens with one attached hydrogen (secondary N) is 1. The lowest BCUT2D eigenvalue weighted by Gasteiger charge is -2.53. The Labute approximate surface area is 190 Å². The smallest absolute Gasteiger partial charge is 0.321 e. The second-order valence-electron chi connectivity index (χ2n) is 9.00. The molecule has 1 saturated heterocycles. The number of fused-ring (bicyclic) bond motifs is 4. The first kappa shape index (κ1) is 20.7. The van der Waals surface area contributed by atoms with Crippen LogP contribution in [0.2, 0.25) is 0 Å². The van der Waals surface area contributed by atoms with E-state index in [0.717, 1.165) is 44.6 Å². The molecule has 5 rings (SSSR count). The second-order valence-corrected chi connectivity index (χ2v) is 9.00. The van der Waals surface area contributed by atoms with Crippen molar-refractivity contribution in [3.63, 3.8) is 0 Å². The molecular weight excluding hydrogens is 396 g/mol. The van der Waals surface area contributed by atoms with Crippen molar-refractivity contribution in [2.24, 2.45) is 0 Å². The van der Waals surface area contributed by atoms with Crippen molar-refractivity contribution in [2.75, 3.05) is 29.9 Å². The van der Waals surface area contributed by atoms with Crippen molar-refractivity contribution in [3.05, 3.63) is 77.6 Å². The van der Waals surface area contributed by atoms with Gasteiger partial charge in [0.25, 0.3) is 0 Å². The first-order valence-corrected chi connectivity index (χ1v) is 11.8. The Kier molecular flexibility index (Phi) is 5.20. The minimum absolute atomic E-state index is 0.00502. The molecule has 3 aromatic rings. The maximum absolute atomic E-state index is 13.0. The van der Waals surface area contributed by atoms with E-state index in [4.69, 9.17) is 0 Å². The predicted octanol–water partition coefficient (Wildman–Crippen LogP) is 5.71. The highest BCUT2D eigenvalue weighted by molar-refractivity contribution is 5.89. The molecule has 0 atom stereocenters. The monoisotopic (exact) mass is 428 g/mol. The van der Waals surface area contributed by atoms with Crippen LogP contribution in [0.5, 0.6) is 0 Å². The molecule has 1 fully saturated rings. The summed E-state index contributed by atoms with van der Waals surface area (Å²) in [4.78, 5) is 17.5. The largest absolute Gasteiger partial charge is 0.359 e. The number of aromatic nitrogens is 1. The highest BCUT2D eigenvalue weighted by atomic mass is 16.2. The molecule has 0 radical (unpaired) electrons. The molecule has 5 heteroatoms. The molecule has 0 saturated carbocycles. The van der Waals surface area contributed by atoms with E-state index in [1.165, 1.54) is 28.2 Å². The van der Waals surface area contributed by atoms with Crippen molar-refractivity contribution in [2.45, 2.75) is 45.6 Å². The average molecular weight is 429 g/mol. The van der Waals surface area contributed by atoms with Gasteiger partial charge in [-0.25, -0.2) is 4.79 Å². The number of hydrogen-bond acceptors (Lipinski definition) is 2. The van der Waals surface area contributed by atoms with Gasteiger partial charge in [-0.05, 0) is 80.6 Å². The van der Waals surface area contributed by atoms with Gasteiger partial charge >= 0.3 is 6.03 Å². The van der Waals surface area contributed by atoms with Gasteiger partial charge in [-0.2, -0.15) is 0 Å². The average Bonchev–Trinajstić information content (AvgIpc) is 3.31. The Morgan fingerprint density at radius 1 is 1.00 bits per heavy atom. The Morgan fingerprint density at radius 3 is 2.44 bits per heavy atom. The molecule has 0 bridgehead atoms. The quantitative estimate of drug-likeness (QED) is 0.580. The number of urea groups is 1. The van der Waals surface area contributed by atoms with Crippen LogP contribution in [0.3, 0.4) is 0 Å². The molecule has 0 aliphatic carbocycles. The van der Waals surface area contributed by atoms with Crippen LogP contribution >= 0.6 is 0 Å². The fourth-order valence-electron chi connectivity index (χ4n) is 5.50. The van der Waals surface area contributed by atoms with E-state index in [0.29, 0.717) is 0 Å². The molecule has 2 aromatic carbocycles. The van der Waals surface area contributed by atoms with Gasteiger partial charge in [-0.15, -0.1) is 0 Å². The molecule has 3 heterocycles. The Balaban J connectivity index is 1.38. The number of hydrogen-bond donors (Lipinski definition) is 1. The first-order chi connectivity index (χ1) is 15.6. The lowest BCUT2D eigenvalue weighted by atomic mass is 9.80. The molecule has 1 N–H and O–H groups in total. The van der Waals surface area contributed by atoms with Gasteiger partial charge in [0.05, 0.1) is 16.9 Å². The lowest BCUT2D eigenvalue weighted by Crippen LogP contribution is -2.57. The Bertz CT molecular complexity index is 1120. The molecule has 2 aliphatic heterocycles. The predicted molar refractivity (Wildman–Crippen MR) is 131 cm³/mol. The lowest BCUT2D eigenvalue weighted by molar-refractivity contribution is 0.161. The molecule has 1 spiro atoms. The summed E-state index contributed by atoms with van der Waals surface area (Å²) in [5.41, 5.74) is 7.21. The number of likely N-dealkylation sites (tertiary alicyclic amines) is 1. The number of nitrogens with zero attached hydrogens (tertiary/aromatic N) is 3. The zero-order valence-corrected chi connectivity index (χ0v) is 19.3. The van der Waals surface area contributed by atoms with Crippen LogP contribution in [0.25, 0.3) is 5.69 Å². The summed E-state index contributed by atoms with van der Waals surface area (Å²) in [6.07, 6.45) is 5.01. The maximum atomic E-state index is 13.0. The Morgan fingerprint density at radius 2 is 1.75 bits per heavy atom. The molecule has 166 valence electrons. The van der Waals surface area contributed by atoms with E-state index < -0.39 is 0 Å². The van der Waals surface area contributed by atoms with Crippen molar-refractivity contribution in [1.82, 2.24) is 9.47 Å². The zero-order chi connectivity index (χ0) is 22.3. The third kappa shape index (κ3) is 3.27. The van der Waals surface area contributed by atoms with Gasteiger partial charge in [0.2, 0.25) is 0 Å². The highest BCUT2D eigenvalue weighted by Crippen LogP contribution is 2.48. The summed E-state index contributed by atoms with van der Waals surface area (Å²) in [5, 5.41) is 3.08. The van der Waals surface area contributed by atoms with Gasteiger partial charge < -0.3 is 19.7 Å². The molecule has 2 amide bonds. The summed E-state index contributed by atoms with van der Waals surface area (Å²) in [7, 11) is 0. The molecule has 5 nitrogen and oxygen atoms in total. The number of aryl methyl sites for hydroxylation is 2. The molecular formula is C27H32N4O. The summed E-state index contributed by atoms with van der Waals surface area (Å²) < 4.78 is 2.35. The van der Waals surface area contributed by atoms with Crippen LogP contribution in [0.4, 0.5) is 16.2 Å². The van der Waals surface area contributed by atoms with Crippen LogP contribution in [0.15, 0.2) is 60.8 Å². The third-order valence-electron chi connectivity index (χ3n) is 7.23. The van der Waals surface area contributed by atoms with E-state index in [1.54, 1.807) is 0 Å². The van der Waals surface area contributed by atoms with Crippen LogP contribution in [0, 0.1) is 6.92 Å². The van der Waals surface area contributed by atoms with Gasteiger partial charge in [-0.3, -0.25) is 0 Å². The van der Waals surface area contributed by atoms with Gasteiger partial charge in [0, 0.05) is 37.2 Å². The minimum atomic E-state index is -0.0847. The van der Waals surface area contributed by atoms with Gasteiger partial charge in [0.1, 0.15) is 0 Å². The number of piperidine rings is 1. The summed E-state index contributed by atoms with van der Waals surface area (Å²) in [6, 6.07) is 19.3. The topological polar surface area (TPSA) is 40.5 Å². The van der Waals surface area contributed by atoms with Crippen LogP contribution in [-0.2, 0) is 12.0 Å². The summed E-state index contributed by atoms with van der Waals surface area (Å²) in [6.45, 7) is 8.95. The maximum Gasteiger partial charge on any atom is 0.321 e. The standard InChI is InChI=1S/C27H32N4O/c1-4-21-9-11-22(12-10-21)28-26(32)29-17-14-27(15-18-29)25-7-6-16-30(25)23-13-8-20(3)19-24(23)31(27)5-2/h6-13,16,19H,4-5,14-15,17-18H2,1-3H3,(H,28,32). The number of benzene rings is 2. The molecule has 0 unspecified atom stereocenters. The van der Waals surface area contributed by atoms with Crippen molar-refractivity contribution < 1.29 is 4.79 Å². The fraction of sp³-hybridized carbons (Fsp3) is 0.370. The summed E-state index contributed by atoms with van der Waals surface area (Å²) >= 11 is 0. The van der Waals surface area contributed by atoms with Crippen molar-refractivity contribution in [3.8, 4) is 5.69 Å². The van der Waals surface area contributed by atoms with Crippen molar-refractivity contribution in [1.29, 1.82) is 0 Å². The SMILES string of the molecule is CCc1ccc(NC(=O)N2CCC3(CC2)c2cccn2-c2ccc(C)cc2N3CC)cc1. The highest BCUT2D eigenvalue weighted by Gasteiger charge is 2.46. The zero-order valence-electron chi connectivity index (χ0n) is 19.3. The minimum Gasteiger partial charge on any atom is -0.359 e. The number of carbonyl (C=O) groups is 1. The number of rotatable bonds is 3. The van der Waals surface area contributed by atoms with Crippen molar-refractivity contribution >= 4 is 17.4 Å². The molecule has 2 aliphatic rings. The second kappa shape index (κ2) is 8.05. The first-order valence-electron chi connectivity index (χ1n) is 11.8. The van der Waals surface area contributed by atoms with E-state index in [-0.39, 0.29) is 11.6 Å². The number of anilines is 2. The number of carbonyl (C=O) groups excluding carboxylic acids is 1. The summed E-state index contributed by atoms with van der Waals surface area (Å²) in [5.74, 6) is 0. The number of amides is 2. The van der Waals surface area contributed by atoms with Crippen LogP contribution in [0.1, 0.15) is 43.5 Å². The van der Waals surface area contributed by atoms with Crippen LogP contribution < -0.4 is 10.2 Å². The van der Waals surface area contributed by atoms with E-state index >= 15 is 0 Å². The van der Waals surface area contributed by atoms with E-state index in [2.05, 4.69) is 84.2 Å². The van der Waals surface area contributed by atoms with E-state index in [1.807, 2.05) is 17.0 Å². The Hall–Kier alpha value is -3.21.